The lowest BCUT2D eigenvalue weighted by Crippen LogP contribution is -2.41. The zero-order valence-electron chi connectivity index (χ0n) is 18.4. The summed E-state index contributed by atoms with van der Waals surface area (Å²) in [6.45, 7) is 2.04. The lowest BCUT2D eigenvalue weighted by molar-refractivity contribution is -0.116. The topological polar surface area (TPSA) is 43.9 Å². The molecular formula is C27H25N3O2. The van der Waals surface area contributed by atoms with Gasteiger partial charge in [-0.05, 0) is 60.5 Å². The molecule has 0 unspecified atom stereocenters. The van der Waals surface area contributed by atoms with Gasteiger partial charge in [0, 0.05) is 19.8 Å². The maximum Gasteiger partial charge on any atom is 0.283 e. The first-order valence-corrected chi connectivity index (χ1v) is 10.4. The average molecular weight is 424 g/mol. The second-order valence-electron chi connectivity index (χ2n) is 7.78. The Morgan fingerprint density at radius 3 is 1.75 bits per heavy atom. The summed E-state index contributed by atoms with van der Waals surface area (Å²) in [4.78, 5) is 28.6. The monoisotopic (exact) mass is 423 g/mol. The molecule has 5 heteroatoms. The van der Waals surface area contributed by atoms with Crippen LogP contribution in [0, 0.1) is 6.92 Å². The standard InChI is InChI=1S/C27H25N3O2/c1-20-19-24(28(2)3)18-17-21(20)11-10-16-25-26(31)29(22-12-6-4-7-13-22)30(27(25)32)23-14-8-5-9-15-23/h4-19H,1-3H3/b11-10+. The highest BCUT2D eigenvalue weighted by Crippen LogP contribution is 2.31. The fourth-order valence-corrected chi connectivity index (χ4v) is 3.62. The van der Waals surface area contributed by atoms with Gasteiger partial charge < -0.3 is 4.90 Å². The summed E-state index contributed by atoms with van der Waals surface area (Å²) < 4.78 is 0. The van der Waals surface area contributed by atoms with Crippen molar-refractivity contribution >= 4 is 35.0 Å². The molecular weight excluding hydrogens is 398 g/mol. The summed E-state index contributed by atoms with van der Waals surface area (Å²) in [5.74, 6) is -0.705. The largest absolute Gasteiger partial charge is 0.378 e. The van der Waals surface area contributed by atoms with Gasteiger partial charge in [0.25, 0.3) is 11.8 Å². The summed E-state index contributed by atoms with van der Waals surface area (Å²) in [5, 5.41) is 2.85. The highest BCUT2D eigenvalue weighted by Gasteiger charge is 2.42. The van der Waals surface area contributed by atoms with Gasteiger partial charge in [-0.3, -0.25) is 9.59 Å². The van der Waals surface area contributed by atoms with Crippen molar-refractivity contribution in [1.29, 1.82) is 0 Å². The number of carbonyl (C=O) groups is 2. The molecule has 32 heavy (non-hydrogen) atoms. The normalized spacial score (nSPS) is 13.9. The molecule has 4 rings (SSSR count). The molecule has 160 valence electrons. The zero-order valence-corrected chi connectivity index (χ0v) is 18.4. The van der Waals surface area contributed by atoms with Crippen molar-refractivity contribution in [1.82, 2.24) is 0 Å². The molecule has 0 bridgehead atoms. The fourth-order valence-electron chi connectivity index (χ4n) is 3.62. The molecule has 0 aliphatic carbocycles. The molecule has 1 aliphatic rings. The molecule has 2 amide bonds. The van der Waals surface area contributed by atoms with Gasteiger partial charge in [0.2, 0.25) is 0 Å². The minimum absolute atomic E-state index is 0.122. The Hall–Kier alpha value is -4.12. The van der Waals surface area contributed by atoms with E-state index in [0.29, 0.717) is 11.4 Å². The lowest BCUT2D eigenvalue weighted by atomic mass is 10.1. The molecule has 0 atom stereocenters. The average Bonchev–Trinajstić information content (AvgIpc) is 3.05. The first-order chi connectivity index (χ1) is 15.5. The van der Waals surface area contributed by atoms with E-state index in [1.807, 2.05) is 99.9 Å². The maximum absolute atomic E-state index is 13.3. The fraction of sp³-hybridized carbons (Fsp3) is 0.111. The number of hydrazine groups is 1. The van der Waals surface area contributed by atoms with Gasteiger partial charge in [-0.2, -0.15) is 0 Å². The quantitative estimate of drug-likeness (QED) is 0.429. The number of allylic oxidation sites excluding steroid dienone is 2. The molecule has 1 saturated heterocycles. The Balaban J connectivity index is 1.68. The molecule has 0 saturated carbocycles. The molecule has 1 fully saturated rings. The first kappa shape index (κ1) is 21.1. The second-order valence-corrected chi connectivity index (χ2v) is 7.78. The predicted molar refractivity (Wildman–Crippen MR) is 130 cm³/mol. The van der Waals surface area contributed by atoms with Gasteiger partial charge in [-0.15, -0.1) is 0 Å². The van der Waals surface area contributed by atoms with Crippen LogP contribution >= 0.6 is 0 Å². The molecule has 0 N–H and O–H groups in total. The number of hydrogen-bond donors (Lipinski definition) is 0. The summed E-state index contributed by atoms with van der Waals surface area (Å²) in [6, 6.07) is 24.6. The van der Waals surface area contributed by atoms with Gasteiger partial charge in [0.05, 0.1) is 11.4 Å². The van der Waals surface area contributed by atoms with E-state index in [9.17, 15) is 9.59 Å². The third-order valence-corrected chi connectivity index (χ3v) is 5.36. The Kier molecular flexibility index (Phi) is 5.90. The van der Waals surface area contributed by atoms with Gasteiger partial charge in [0.1, 0.15) is 5.57 Å². The predicted octanol–water partition coefficient (Wildman–Crippen LogP) is 5.00. The van der Waals surface area contributed by atoms with Crippen LogP contribution in [0.2, 0.25) is 0 Å². The van der Waals surface area contributed by atoms with Crippen LogP contribution in [-0.2, 0) is 9.59 Å². The summed E-state index contributed by atoms with van der Waals surface area (Å²) in [7, 11) is 4.01. The van der Waals surface area contributed by atoms with Crippen LogP contribution in [0.25, 0.3) is 6.08 Å². The number of hydrogen-bond acceptors (Lipinski definition) is 3. The van der Waals surface area contributed by atoms with Crippen molar-refractivity contribution in [2.24, 2.45) is 0 Å². The van der Waals surface area contributed by atoms with E-state index in [-0.39, 0.29) is 17.4 Å². The summed E-state index contributed by atoms with van der Waals surface area (Å²) >= 11 is 0. The van der Waals surface area contributed by atoms with E-state index in [4.69, 9.17) is 0 Å². The Morgan fingerprint density at radius 2 is 1.28 bits per heavy atom. The molecule has 1 aliphatic heterocycles. The summed E-state index contributed by atoms with van der Waals surface area (Å²) in [5.41, 5.74) is 4.67. The molecule has 1 heterocycles. The number of nitrogens with zero attached hydrogens (tertiary/aromatic N) is 3. The maximum atomic E-state index is 13.3. The van der Waals surface area contributed by atoms with Crippen LogP contribution in [-0.4, -0.2) is 25.9 Å². The van der Waals surface area contributed by atoms with Gasteiger partial charge in [0.15, 0.2) is 0 Å². The first-order valence-electron chi connectivity index (χ1n) is 10.4. The zero-order chi connectivity index (χ0) is 22.7. The number of para-hydroxylation sites is 2. The van der Waals surface area contributed by atoms with Gasteiger partial charge in [-0.1, -0.05) is 54.6 Å². The van der Waals surface area contributed by atoms with Crippen molar-refractivity contribution in [2.75, 3.05) is 29.0 Å². The van der Waals surface area contributed by atoms with Crippen LogP contribution in [0.5, 0.6) is 0 Å². The number of carbonyl (C=O) groups excluding carboxylic acids is 2. The van der Waals surface area contributed by atoms with Crippen molar-refractivity contribution in [3.63, 3.8) is 0 Å². The SMILES string of the molecule is Cc1cc(N(C)C)ccc1/C=C/C=C1C(=O)N(c2ccccc2)N(c2ccccc2)C1=O. The highest BCUT2D eigenvalue weighted by molar-refractivity contribution is 6.36. The van der Waals surface area contributed by atoms with E-state index in [2.05, 4.69) is 11.0 Å². The van der Waals surface area contributed by atoms with E-state index >= 15 is 0 Å². The lowest BCUT2D eigenvalue weighted by Gasteiger charge is -2.27. The number of rotatable bonds is 5. The number of anilines is 3. The number of aryl methyl sites for hydroxylation is 1. The smallest absolute Gasteiger partial charge is 0.283 e. The van der Waals surface area contributed by atoms with Crippen LogP contribution in [0.15, 0.2) is 96.6 Å². The second kappa shape index (κ2) is 8.94. The van der Waals surface area contributed by atoms with Crippen molar-refractivity contribution in [3.05, 3.63) is 108 Å². The van der Waals surface area contributed by atoms with E-state index in [0.717, 1.165) is 16.8 Å². The Bertz CT molecular complexity index is 1140. The third-order valence-electron chi connectivity index (χ3n) is 5.36. The molecule has 0 aromatic heterocycles. The molecule has 3 aromatic carbocycles. The van der Waals surface area contributed by atoms with Crippen LogP contribution in [0.1, 0.15) is 11.1 Å². The molecule has 0 radical (unpaired) electrons. The minimum Gasteiger partial charge on any atom is -0.378 e. The molecule has 0 spiro atoms. The number of benzene rings is 3. The number of amides is 2. The van der Waals surface area contributed by atoms with Crippen molar-refractivity contribution in [3.8, 4) is 0 Å². The Labute approximate surface area is 188 Å². The summed E-state index contributed by atoms with van der Waals surface area (Å²) in [6.07, 6.45) is 5.28. The van der Waals surface area contributed by atoms with E-state index in [1.54, 1.807) is 12.2 Å². The molecule has 3 aromatic rings. The van der Waals surface area contributed by atoms with Crippen molar-refractivity contribution in [2.45, 2.75) is 6.92 Å². The van der Waals surface area contributed by atoms with E-state index < -0.39 is 0 Å². The van der Waals surface area contributed by atoms with E-state index in [1.165, 1.54) is 10.0 Å². The van der Waals surface area contributed by atoms with Crippen LogP contribution in [0.3, 0.4) is 0 Å². The minimum atomic E-state index is -0.352. The van der Waals surface area contributed by atoms with Gasteiger partial charge in [-0.25, -0.2) is 10.0 Å². The highest BCUT2D eigenvalue weighted by atomic mass is 16.2. The van der Waals surface area contributed by atoms with Crippen LogP contribution < -0.4 is 14.9 Å². The van der Waals surface area contributed by atoms with Gasteiger partial charge >= 0.3 is 0 Å². The van der Waals surface area contributed by atoms with Crippen LogP contribution in [0.4, 0.5) is 17.1 Å². The van der Waals surface area contributed by atoms with Crippen molar-refractivity contribution < 1.29 is 9.59 Å². The molecule has 5 nitrogen and oxygen atoms in total. The Morgan fingerprint density at radius 1 is 0.750 bits per heavy atom. The third kappa shape index (κ3) is 4.05.